The van der Waals surface area contributed by atoms with Gasteiger partial charge in [0.15, 0.2) is 0 Å². The molecule has 1 fully saturated rings. The van der Waals surface area contributed by atoms with Gasteiger partial charge in [-0.25, -0.2) is 9.67 Å². The number of anilines is 1. The van der Waals surface area contributed by atoms with Gasteiger partial charge in [-0.3, -0.25) is 9.59 Å². The molecule has 2 aromatic carbocycles. The molecule has 2 amide bonds. The van der Waals surface area contributed by atoms with E-state index >= 15 is 0 Å². The van der Waals surface area contributed by atoms with Crippen molar-refractivity contribution in [1.82, 2.24) is 19.7 Å². The molecule has 0 radical (unpaired) electrons. The molecule has 1 aliphatic rings. The van der Waals surface area contributed by atoms with E-state index in [0.29, 0.717) is 30.8 Å². The summed E-state index contributed by atoms with van der Waals surface area (Å²) in [6.45, 7) is 1.15. The van der Waals surface area contributed by atoms with Gasteiger partial charge in [0, 0.05) is 22.3 Å². The summed E-state index contributed by atoms with van der Waals surface area (Å²) in [6, 6.07) is 14.4. The summed E-state index contributed by atoms with van der Waals surface area (Å²) in [4.78, 5) is 31.4. The Hall–Kier alpha value is -3.00. The molecular weight excluding hydrogens is 434 g/mol. The van der Waals surface area contributed by atoms with Gasteiger partial charge in [-0.2, -0.15) is 5.10 Å². The summed E-state index contributed by atoms with van der Waals surface area (Å²) < 4.78 is 2.63. The van der Waals surface area contributed by atoms with Crippen LogP contribution in [0.4, 0.5) is 5.69 Å². The van der Waals surface area contributed by atoms with Crippen molar-refractivity contribution in [1.29, 1.82) is 0 Å². The lowest BCUT2D eigenvalue weighted by molar-refractivity contribution is -0.119. The molecule has 29 heavy (non-hydrogen) atoms. The molecule has 3 aromatic rings. The number of carbonyl (C=O) groups excluding carboxylic acids is 2. The molecule has 1 aliphatic heterocycles. The van der Waals surface area contributed by atoms with Crippen molar-refractivity contribution in [2.45, 2.75) is 25.4 Å². The zero-order valence-electron chi connectivity index (χ0n) is 15.7. The van der Waals surface area contributed by atoms with Crippen molar-refractivity contribution in [3.8, 4) is 0 Å². The summed E-state index contributed by atoms with van der Waals surface area (Å²) in [7, 11) is 0. The van der Waals surface area contributed by atoms with Gasteiger partial charge < -0.3 is 10.2 Å². The largest absolute Gasteiger partial charge is 0.327 e. The van der Waals surface area contributed by atoms with Crippen LogP contribution >= 0.6 is 15.9 Å². The third-order valence-electron chi connectivity index (χ3n) is 4.91. The zero-order valence-corrected chi connectivity index (χ0v) is 17.2. The topological polar surface area (TPSA) is 80.1 Å². The van der Waals surface area contributed by atoms with E-state index in [1.54, 1.807) is 28.0 Å². The van der Waals surface area contributed by atoms with E-state index in [0.717, 1.165) is 16.5 Å². The monoisotopic (exact) mass is 453 g/mol. The minimum Gasteiger partial charge on any atom is -0.327 e. The van der Waals surface area contributed by atoms with Crippen LogP contribution in [0.2, 0.25) is 0 Å². The van der Waals surface area contributed by atoms with Gasteiger partial charge in [0.25, 0.3) is 5.91 Å². The molecule has 1 unspecified atom stereocenters. The zero-order chi connectivity index (χ0) is 20.2. The Morgan fingerprint density at radius 1 is 1.17 bits per heavy atom. The fourth-order valence-corrected chi connectivity index (χ4v) is 3.78. The first-order valence-corrected chi connectivity index (χ1v) is 10.2. The Bertz CT molecular complexity index is 1000. The van der Waals surface area contributed by atoms with Crippen LogP contribution in [0, 0.1) is 0 Å². The summed E-state index contributed by atoms with van der Waals surface area (Å²) in [5.41, 5.74) is 2.29. The van der Waals surface area contributed by atoms with E-state index < -0.39 is 6.04 Å². The summed E-state index contributed by atoms with van der Waals surface area (Å²) >= 11 is 3.38. The Morgan fingerprint density at radius 3 is 2.76 bits per heavy atom. The first kappa shape index (κ1) is 19.3. The van der Waals surface area contributed by atoms with Crippen LogP contribution in [0.15, 0.2) is 65.7 Å². The van der Waals surface area contributed by atoms with Crippen molar-refractivity contribution < 1.29 is 9.59 Å². The minimum atomic E-state index is -0.467. The number of nitrogens with zero attached hydrogens (tertiary/aromatic N) is 4. The van der Waals surface area contributed by atoms with Gasteiger partial charge in [0.1, 0.15) is 18.7 Å². The van der Waals surface area contributed by atoms with Gasteiger partial charge in [-0.1, -0.05) is 28.1 Å². The minimum absolute atomic E-state index is 0.116. The number of likely N-dealkylation sites (tertiary alicyclic amines) is 1. The fourth-order valence-electron chi connectivity index (χ4n) is 3.52. The van der Waals surface area contributed by atoms with E-state index in [1.165, 1.54) is 6.33 Å². The Labute approximate surface area is 176 Å². The number of aromatic nitrogens is 3. The van der Waals surface area contributed by atoms with Crippen LogP contribution < -0.4 is 5.32 Å². The lowest BCUT2D eigenvalue weighted by Gasteiger charge is -2.24. The van der Waals surface area contributed by atoms with Crippen LogP contribution in [-0.2, 0) is 11.3 Å². The predicted octanol–water partition coefficient (Wildman–Crippen LogP) is 3.33. The summed E-state index contributed by atoms with van der Waals surface area (Å²) in [6.07, 6.45) is 4.61. The second-order valence-corrected chi connectivity index (χ2v) is 7.86. The Balaban J connectivity index is 1.44. The molecule has 0 saturated carbocycles. The molecule has 1 N–H and O–H groups in total. The van der Waals surface area contributed by atoms with E-state index in [9.17, 15) is 9.59 Å². The summed E-state index contributed by atoms with van der Waals surface area (Å²) in [5.74, 6) is -0.277. The van der Waals surface area contributed by atoms with E-state index in [-0.39, 0.29) is 11.8 Å². The second-order valence-electron chi connectivity index (χ2n) is 6.95. The first-order valence-electron chi connectivity index (χ1n) is 9.39. The Kier molecular flexibility index (Phi) is 5.71. The standard InChI is InChI=1S/C21H20BrN5O2/c22-17-8-6-16(7-9-17)21(29)27-10-2-5-19(27)20(28)25-18-4-1-3-15(11-18)12-26-14-23-13-24-26/h1,3-4,6-9,11,13-14,19H,2,5,10,12H2,(H,25,28). The van der Waals surface area contributed by atoms with Gasteiger partial charge in [0.2, 0.25) is 5.91 Å². The number of halogens is 1. The highest BCUT2D eigenvalue weighted by molar-refractivity contribution is 9.10. The van der Waals surface area contributed by atoms with Crippen LogP contribution in [0.1, 0.15) is 28.8 Å². The number of hydrogen-bond donors (Lipinski definition) is 1. The molecule has 7 nitrogen and oxygen atoms in total. The number of benzene rings is 2. The molecule has 1 saturated heterocycles. The lowest BCUT2D eigenvalue weighted by Crippen LogP contribution is -2.43. The smallest absolute Gasteiger partial charge is 0.254 e. The molecule has 2 heterocycles. The van der Waals surface area contributed by atoms with Crippen LogP contribution in [-0.4, -0.2) is 44.1 Å². The maximum absolute atomic E-state index is 12.9. The molecule has 0 aliphatic carbocycles. The van der Waals surface area contributed by atoms with Crippen molar-refractivity contribution in [2.24, 2.45) is 0 Å². The average Bonchev–Trinajstić information content (AvgIpc) is 3.40. The van der Waals surface area contributed by atoms with E-state index in [1.807, 2.05) is 36.4 Å². The second kappa shape index (κ2) is 8.57. The molecule has 0 spiro atoms. The fraction of sp³-hybridized carbons (Fsp3) is 0.238. The average molecular weight is 454 g/mol. The van der Waals surface area contributed by atoms with Crippen molar-refractivity contribution >= 4 is 33.4 Å². The highest BCUT2D eigenvalue weighted by Gasteiger charge is 2.34. The third kappa shape index (κ3) is 4.54. The number of rotatable bonds is 5. The maximum atomic E-state index is 12.9. The number of hydrogen-bond acceptors (Lipinski definition) is 4. The molecular formula is C21H20BrN5O2. The van der Waals surface area contributed by atoms with Gasteiger partial charge >= 0.3 is 0 Å². The van der Waals surface area contributed by atoms with Gasteiger partial charge in [-0.15, -0.1) is 0 Å². The van der Waals surface area contributed by atoms with Gasteiger partial charge in [-0.05, 0) is 54.8 Å². The molecule has 4 rings (SSSR count). The van der Waals surface area contributed by atoms with Crippen LogP contribution in [0.25, 0.3) is 0 Å². The van der Waals surface area contributed by atoms with Crippen molar-refractivity contribution in [3.63, 3.8) is 0 Å². The normalized spacial score (nSPS) is 16.0. The molecule has 0 bridgehead atoms. The molecule has 8 heteroatoms. The van der Waals surface area contributed by atoms with E-state index in [4.69, 9.17) is 0 Å². The van der Waals surface area contributed by atoms with E-state index in [2.05, 4.69) is 31.3 Å². The SMILES string of the molecule is O=C(Nc1cccc(Cn2cncn2)c1)C1CCCN1C(=O)c1ccc(Br)cc1. The van der Waals surface area contributed by atoms with Gasteiger partial charge in [0.05, 0.1) is 6.54 Å². The lowest BCUT2D eigenvalue weighted by atomic mass is 10.1. The summed E-state index contributed by atoms with van der Waals surface area (Å²) in [5, 5.41) is 7.06. The van der Waals surface area contributed by atoms with Crippen LogP contribution in [0.3, 0.4) is 0 Å². The van der Waals surface area contributed by atoms with Crippen LogP contribution in [0.5, 0.6) is 0 Å². The Morgan fingerprint density at radius 2 is 2.00 bits per heavy atom. The molecule has 148 valence electrons. The maximum Gasteiger partial charge on any atom is 0.254 e. The highest BCUT2D eigenvalue weighted by Crippen LogP contribution is 2.23. The number of nitrogens with one attached hydrogen (secondary N) is 1. The highest BCUT2D eigenvalue weighted by atomic mass is 79.9. The van der Waals surface area contributed by atoms with Crippen molar-refractivity contribution in [2.75, 3.05) is 11.9 Å². The predicted molar refractivity (Wildman–Crippen MR) is 112 cm³/mol. The first-order chi connectivity index (χ1) is 14.1. The molecule has 1 atom stereocenters. The number of amides is 2. The third-order valence-corrected chi connectivity index (χ3v) is 5.44. The number of carbonyl (C=O) groups is 2. The quantitative estimate of drug-likeness (QED) is 0.642. The molecule has 1 aromatic heterocycles. The van der Waals surface area contributed by atoms with Crippen molar-refractivity contribution in [3.05, 3.63) is 76.8 Å².